The first kappa shape index (κ1) is 12.2. The van der Waals surface area contributed by atoms with Crippen LogP contribution in [-0.4, -0.2) is 15.0 Å². The molecule has 0 aliphatic carbocycles. The molecule has 4 nitrogen and oxygen atoms in total. The Bertz CT molecular complexity index is 471. The molecule has 1 aromatic heterocycles. The predicted molar refractivity (Wildman–Crippen MR) is 59.0 cm³/mol. The van der Waals surface area contributed by atoms with E-state index in [0.717, 1.165) is 4.88 Å². The summed E-state index contributed by atoms with van der Waals surface area (Å²) in [7, 11) is -3.43. The van der Waals surface area contributed by atoms with Gasteiger partial charge >= 0.3 is 0 Å². The van der Waals surface area contributed by atoms with Crippen molar-refractivity contribution in [2.24, 2.45) is 5.92 Å². The highest BCUT2D eigenvalue weighted by Crippen LogP contribution is 2.20. The molecule has 0 radical (unpaired) electrons. The minimum atomic E-state index is -3.43. The van der Waals surface area contributed by atoms with Gasteiger partial charge in [0.2, 0.25) is 10.0 Å². The lowest BCUT2D eigenvalue weighted by Crippen LogP contribution is -2.27. The van der Waals surface area contributed by atoms with E-state index in [1.807, 2.05) is 13.0 Å². The zero-order valence-electron chi connectivity index (χ0n) is 8.52. The van der Waals surface area contributed by atoms with Crippen molar-refractivity contribution in [3.63, 3.8) is 0 Å². The number of hydrogen-bond donors (Lipinski definition) is 1. The first-order valence-corrected chi connectivity index (χ1v) is 6.71. The molecule has 1 atom stereocenters. The standard InChI is InChI=1S/C9H12N2O2S2/c1-7(5-10)6-11-15(12,13)9-4-3-8(2)14-9/h3-4,7,11H,6H2,1-2H3. The Hall–Kier alpha value is -0.900. The van der Waals surface area contributed by atoms with Crippen LogP contribution in [0.4, 0.5) is 0 Å². The van der Waals surface area contributed by atoms with Gasteiger partial charge in [0.15, 0.2) is 0 Å². The first-order valence-electron chi connectivity index (χ1n) is 4.41. The molecule has 0 fully saturated rings. The van der Waals surface area contributed by atoms with E-state index in [0.29, 0.717) is 4.21 Å². The van der Waals surface area contributed by atoms with Gasteiger partial charge in [0, 0.05) is 11.4 Å². The third-order valence-electron chi connectivity index (χ3n) is 1.78. The van der Waals surface area contributed by atoms with Gasteiger partial charge in [0.05, 0.1) is 12.0 Å². The summed E-state index contributed by atoms with van der Waals surface area (Å²) in [5.41, 5.74) is 0. The molecule has 82 valence electrons. The van der Waals surface area contributed by atoms with E-state index < -0.39 is 10.0 Å². The zero-order chi connectivity index (χ0) is 11.5. The molecule has 0 aromatic carbocycles. The summed E-state index contributed by atoms with van der Waals surface area (Å²) in [6.07, 6.45) is 0. The molecule has 0 saturated carbocycles. The van der Waals surface area contributed by atoms with E-state index in [9.17, 15) is 8.42 Å². The van der Waals surface area contributed by atoms with Crippen molar-refractivity contribution in [3.05, 3.63) is 17.0 Å². The first-order chi connectivity index (χ1) is 6.95. The van der Waals surface area contributed by atoms with Crippen molar-refractivity contribution in [2.75, 3.05) is 6.54 Å². The van der Waals surface area contributed by atoms with Gasteiger partial charge in [-0.2, -0.15) is 5.26 Å². The number of nitrogens with one attached hydrogen (secondary N) is 1. The Morgan fingerprint density at radius 1 is 1.60 bits per heavy atom. The second-order valence-corrected chi connectivity index (χ2v) is 6.53. The van der Waals surface area contributed by atoms with Gasteiger partial charge in [-0.1, -0.05) is 0 Å². The van der Waals surface area contributed by atoms with Gasteiger partial charge in [-0.25, -0.2) is 13.1 Å². The van der Waals surface area contributed by atoms with E-state index in [-0.39, 0.29) is 12.5 Å². The average Bonchev–Trinajstić information content (AvgIpc) is 2.62. The highest BCUT2D eigenvalue weighted by molar-refractivity contribution is 7.91. The highest BCUT2D eigenvalue weighted by atomic mass is 32.2. The normalized spacial score (nSPS) is 13.4. The van der Waals surface area contributed by atoms with Crippen LogP contribution in [0.15, 0.2) is 16.3 Å². The monoisotopic (exact) mass is 244 g/mol. The quantitative estimate of drug-likeness (QED) is 0.872. The Kier molecular flexibility index (Phi) is 3.85. The van der Waals surface area contributed by atoms with Crippen LogP contribution in [-0.2, 0) is 10.0 Å². The van der Waals surface area contributed by atoms with Crippen molar-refractivity contribution < 1.29 is 8.42 Å². The van der Waals surface area contributed by atoms with Crippen LogP contribution >= 0.6 is 11.3 Å². The fourth-order valence-corrected chi connectivity index (χ4v) is 3.37. The number of thiophene rings is 1. The topological polar surface area (TPSA) is 70.0 Å². The third-order valence-corrected chi connectivity index (χ3v) is 4.70. The van der Waals surface area contributed by atoms with Crippen molar-refractivity contribution in [2.45, 2.75) is 18.1 Å². The van der Waals surface area contributed by atoms with Gasteiger partial charge in [-0.3, -0.25) is 0 Å². The summed E-state index contributed by atoms with van der Waals surface area (Å²) in [6, 6.07) is 5.30. The molecule has 6 heteroatoms. The van der Waals surface area contributed by atoms with E-state index >= 15 is 0 Å². The van der Waals surface area contributed by atoms with Crippen LogP contribution in [0.3, 0.4) is 0 Å². The van der Waals surface area contributed by atoms with Crippen LogP contribution in [0.5, 0.6) is 0 Å². The molecule has 15 heavy (non-hydrogen) atoms. The van der Waals surface area contributed by atoms with Crippen LogP contribution in [0.2, 0.25) is 0 Å². The predicted octanol–water partition coefficient (Wildman–Crippen LogP) is 1.49. The number of hydrogen-bond acceptors (Lipinski definition) is 4. The van der Waals surface area contributed by atoms with Crippen LogP contribution in [0.25, 0.3) is 0 Å². The van der Waals surface area contributed by atoms with Crippen molar-refractivity contribution in [1.29, 1.82) is 5.26 Å². The summed E-state index contributed by atoms with van der Waals surface area (Å²) in [5.74, 6) is -0.319. The molecule has 1 N–H and O–H groups in total. The number of nitrogens with zero attached hydrogens (tertiary/aromatic N) is 1. The molecule has 0 amide bonds. The Labute approximate surface area is 93.6 Å². The Morgan fingerprint density at radius 2 is 2.27 bits per heavy atom. The SMILES string of the molecule is Cc1ccc(S(=O)(=O)NCC(C)C#N)s1. The Balaban J connectivity index is 2.73. The van der Waals surface area contributed by atoms with E-state index in [4.69, 9.17) is 5.26 Å². The summed E-state index contributed by atoms with van der Waals surface area (Å²) in [5, 5.41) is 8.52. The minimum absolute atomic E-state index is 0.149. The lowest BCUT2D eigenvalue weighted by atomic mass is 10.2. The molecule has 1 rings (SSSR count). The van der Waals surface area contributed by atoms with Gasteiger partial charge in [-0.15, -0.1) is 11.3 Å². The largest absolute Gasteiger partial charge is 0.250 e. The highest BCUT2D eigenvalue weighted by Gasteiger charge is 2.16. The molecule has 0 saturated heterocycles. The van der Waals surface area contributed by atoms with Gasteiger partial charge in [0.1, 0.15) is 4.21 Å². The second-order valence-electron chi connectivity index (χ2n) is 3.25. The van der Waals surface area contributed by atoms with Crippen molar-refractivity contribution in [1.82, 2.24) is 4.72 Å². The second kappa shape index (κ2) is 4.75. The number of rotatable bonds is 4. The summed E-state index contributed by atoms with van der Waals surface area (Å²) in [6.45, 7) is 3.67. The lowest BCUT2D eigenvalue weighted by Gasteiger charge is -2.04. The van der Waals surface area contributed by atoms with Gasteiger partial charge in [0.25, 0.3) is 0 Å². The molecule has 0 aliphatic heterocycles. The smallest absolute Gasteiger partial charge is 0.209 e. The number of sulfonamides is 1. The fourth-order valence-electron chi connectivity index (χ4n) is 0.908. The van der Waals surface area contributed by atoms with Gasteiger partial charge < -0.3 is 0 Å². The van der Waals surface area contributed by atoms with Crippen molar-refractivity contribution >= 4 is 21.4 Å². The molecular weight excluding hydrogens is 232 g/mol. The zero-order valence-corrected chi connectivity index (χ0v) is 10.2. The van der Waals surface area contributed by atoms with Crippen LogP contribution < -0.4 is 4.72 Å². The average molecular weight is 244 g/mol. The summed E-state index contributed by atoms with van der Waals surface area (Å²) in [4.78, 5) is 0.948. The molecule has 0 bridgehead atoms. The maximum atomic E-state index is 11.7. The number of nitriles is 1. The van der Waals surface area contributed by atoms with Crippen molar-refractivity contribution in [3.8, 4) is 6.07 Å². The van der Waals surface area contributed by atoms with Gasteiger partial charge in [-0.05, 0) is 26.0 Å². The van der Waals surface area contributed by atoms with Crippen LogP contribution in [0.1, 0.15) is 11.8 Å². The third kappa shape index (κ3) is 3.30. The molecule has 1 aromatic rings. The van der Waals surface area contributed by atoms with E-state index in [1.165, 1.54) is 11.3 Å². The van der Waals surface area contributed by atoms with Crippen LogP contribution in [0, 0.1) is 24.2 Å². The molecule has 0 spiro atoms. The lowest BCUT2D eigenvalue weighted by molar-refractivity contribution is 0.575. The van der Waals surface area contributed by atoms with E-state index in [2.05, 4.69) is 4.72 Å². The number of aryl methyl sites for hydroxylation is 1. The molecule has 1 unspecified atom stereocenters. The summed E-state index contributed by atoms with van der Waals surface area (Å²) < 4.78 is 26.0. The maximum absolute atomic E-state index is 11.7. The maximum Gasteiger partial charge on any atom is 0.250 e. The Morgan fingerprint density at radius 3 is 2.73 bits per heavy atom. The van der Waals surface area contributed by atoms with E-state index in [1.54, 1.807) is 19.1 Å². The molecule has 0 aliphatic rings. The molecule has 1 heterocycles. The fraction of sp³-hybridized carbons (Fsp3) is 0.444. The minimum Gasteiger partial charge on any atom is -0.209 e. The molecular formula is C9H12N2O2S2. The summed E-state index contributed by atoms with van der Waals surface area (Å²) >= 11 is 1.22.